The van der Waals surface area contributed by atoms with Crippen LogP contribution in [0.25, 0.3) is 11.1 Å². The third-order valence-corrected chi connectivity index (χ3v) is 8.26. The predicted molar refractivity (Wildman–Crippen MR) is 153 cm³/mol. The van der Waals surface area contributed by atoms with Crippen LogP contribution in [0.1, 0.15) is 65.1 Å². The maximum Gasteiger partial charge on any atom is 0.416 e. The first-order valence-electron chi connectivity index (χ1n) is 14.5. The highest BCUT2D eigenvalue weighted by Crippen LogP contribution is 2.32. The zero-order valence-electron chi connectivity index (χ0n) is 23.3. The lowest BCUT2D eigenvalue weighted by Crippen LogP contribution is -2.38. The standard InChI is InChI=1S/C32H31F3N4O4/c33-32(34,35)22-3-7-24(8-4-22)39-17-13-25(14-18-39)42-26-9-10-27-28(19-26)43-31(38-27)30(41)37-23-5-1-20(2-6-23)29(40)21-11-15-36-16-12-21/h3-4,7-12,15-16,19-20,23,25H,1-2,5-6,13-14,17-18H2,(H,37,41). The first-order chi connectivity index (χ1) is 20.7. The van der Waals surface area contributed by atoms with Crippen LogP contribution < -0.4 is 15.0 Å². The molecule has 0 radical (unpaired) electrons. The minimum atomic E-state index is -4.35. The van der Waals surface area contributed by atoms with Gasteiger partial charge in [0.05, 0.1) is 5.56 Å². The maximum atomic E-state index is 12.9. The molecule has 2 aromatic carbocycles. The van der Waals surface area contributed by atoms with Crippen LogP contribution in [0.4, 0.5) is 18.9 Å². The van der Waals surface area contributed by atoms with Crippen LogP contribution in [0.15, 0.2) is 71.4 Å². The molecule has 0 atom stereocenters. The van der Waals surface area contributed by atoms with E-state index in [-0.39, 0.29) is 29.7 Å². The van der Waals surface area contributed by atoms with Crippen molar-refractivity contribution in [2.24, 2.45) is 5.92 Å². The number of amides is 1. The maximum absolute atomic E-state index is 12.9. The zero-order valence-corrected chi connectivity index (χ0v) is 23.3. The molecule has 0 spiro atoms. The smallest absolute Gasteiger partial charge is 0.416 e. The molecule has 1 N–H and O–H groups in total. The highest BCUT2D eigenvalue weighted by Gasteiger charge is 2.31. The van der Waals surface area contributed by atoms with Gasteiger partial charge in [0.2, 0.25) is 0 Å². The van der Waals surface area contributed by atoms with Crippen molar-refractivity contribution < 1.29 is 31.9 Å². The summed E-state index contributed by atoms with van der Waals surface area (Å²) in [6, 6.07) is 13.9. The average molecular weight is 593 g/mol. The molecule has 0 bridgehead atoms. The highest BCUT2D eigenvalue weighted by atomic mass is 19.4. The Morgan fingerprint density at radius 2 is 1.60 bits per heavy atom. The second kappa shape index (κ2) is 12.1. The van der Waals surface area contributed by atoms with Crippen LogP contribution in [0, 0.1) is 5.92 Å². The molecule has 6 rings (SSSR count). The topological polar surface area (TPSA) is 97.6 Å². The van der Waals surface area contributed by atoms with E-state index in [2.05, 4.69) is 20.2 Å². The Balaban J connectivity index is 0.997. The lowest BCUT2D eigenvalue weighted by Gasteiger charge is -2.33. The van der Waals surface area contributed by atoms with Crippen LogP contribution in [0.3, 0.4) is 0 Å². The number of alkyl halides is 3. The minimum absolute atomic E-state index is 0.0213. The van der Waals surface area contributed by atoms with Gasteiger partial charge < -0.3 is 19.4 Å². The number of hydrogen-bond acceptors (Lipinski definition) is 7. The normalized spacial score (nSPS) is 19.7. The lowest BCUT2D eigenvalue weighted by molar-refractivity contribution is -0.137. The fourth-order valence-corrected chi connectivity index (χ4v) is 5.86. The number of nitrogens with zero attached hydrogens (tertiary/aromatic N) is 3. The SMILES string of the molecule is O=C(NC1CCC(C(=O)c2ccncc2)CC1)c1nc2ccc(OC3CCN(c4ccc(C(F)(F)F)cc4)CC3)cc2o1. The summed E-state index contributed by atoms with van der Waals surface area (Å²) in [7, 11) is 0. The molecule has 43 heavy (non-hydrogen) atoms. The van der Waals surface area contributed by atoms with Gasteiger partial charge in [0.25, 0.3) is 5.89 Å². The Bertz CT molecular complexity index is 1570. The van der Waals surface area contributed by atoms with E-state index < -0.39 is 17.6 Å². The Morgan fingerprint density at radius 1 is 0.907 bits per heavy atom. The number of aromatic nitrogens is 2. The molecule has 4 aromatic rings. The van der Waals surface area contributed by atoms with E-state index in [0.717, 1.165) is 17.8 Å². The Hall–Kier alpha value is -4.41. The van der Waals surface area contributed by atoms with Crippen LogP contribution >= 0.6 is 0 Å². The number of pyridine rings is 1. The van der Waals surface area contributed by atoms with Gasteiger partial charge in [0.1, 0.15) is 17.4 Å². The average Bonchev–Trinajstić information content (AvgIpc) is 3.45. The molecular formula is C32H31F3N4O4. The third kappa shape index (κ3) is 6.65. The van der Waals surface area contributed by atoms with Gasteiger partial charge in [-0.25, -0.2) is 4.98 Å². The first-order valence-corrected chi connectivity index (χ1v) is 14.5. The number of nitrogens with one attached hydrogen (secondary N) is 1. The third-order valence-electron chi connectivity index (χ3n) is 8.26. The zero-order chi connectivity index (χ0) is 30.0. The first kappa shape index (κ1) is 28.7. The molecule has 1 amide bonds. The number of anilines is 1. The lowest BCUT2D eigenvalue weighted by atomic mass is 9.81. The fraction of sp³-hybridized carbons (Fsp3) is 0.375. The monoisotopic (exact) mass is 592 g/mol. The molecule has 2 aliphatic rings. The number of benzene rings is 2. The molecular weight excluding hydrogens is 561 g/mol. The molecule has 224 valence electrons. The molecule has 8 nitrogen and oxygen atoms in total. The van der Waals surface area contributed by atoms with Crippen LogP contribution in [-0.2, 0) is 6.18 Å². The largest absolute Gasteiger partial charge is 0.490 e. The second-order valence-corrected chi connectivity index (χ2v) is 11.1. The molecule has 0 unspecified atom stereocenters. The fourth-order valence-electron chi connectivity index (χ4n) is 5.86. The summed E-state index contributed by atoms with van der Waals surface area (Å²) in [5, 5.41) is 3.00. The van der Waals surface area contributed by atoms with E-state index in [1.807, 2.05) is 0 Å². The second-order valence-electron chi connectivity index (χ2n) is 11.1. The number of ether oxygens (including phenoxy) is 1. The van der Waals surface area contributed by atoms with Gasteiger partial charge in [0.15, 0.2) is 11.4 Å². The minimum Gasteiger partial charge on any atom is -0.490 e. The molecule has 1 saturated carbocycles. The molecule has 2 aromatic heterocycles. The van der Waals surface area contributed by atoms with Gasteiger partial charge in [-0.05, 0) is 74.2 Å². The van der Waals surface area contributed by atoms with Crippen molar-refractivity contribution in [1.29, 1.82) is 0 Å². The quantitative estimate of drug-likeness (QED) is 0.246. The van der Waals surface area contributed by atoms with Crippen molar-refractivity contribution in [3.8, 4) is 5.75 Å². The number of carbonyl (C=O) groups excluding carboxylic acids is 2. The number of Topliss-reactive ketones (excluding diaryl/α,β-unsaturated/α-hetero) is 1. The van der Waals surface area contributed by atoms with Crippen molar-refractivity contribution in [3.05, 3.63) is 84.0 Å². The number of fused-ring (bicyclic) bond motifs is 1. The summed E-state index contributed by atoms with van der Waals surface area (Å²) in [4.78, 5) is 36.0. The molecule has 1 aliphatic carbocycles. The van der Waals surface area contributed by atoms with Crippen LogP contribution in [0.5, 0.6) is 5.75 Å². The Morgan fingerprint density at radius 3 is 2.28 bits per heavy atom. The van der Waals surface area contributed by atoms with Gasteiger partial charge in [-0.3, -0.25) is 14.6 Å². The summed E-state index contributed by atoms with van der Waals surface area (Å²) in [6.07, 6.45) is 3.03. The van der Waals surface area contributed by atoms with Gasteiger partial charge in [-0.15, -0.1) is 0 Å². The van der Waals surface area contributed by atoms with Crippen LogP contribution in [-0.4, -0.2) is 46.9 Å². The number of halogens is 3. The van der Waals surface area contributed by atoms with Crippen molar-refractivity contribution in [3.63, 3.8) is 0 Å². The molecule has 11 heteroatoms. The van der Waals surface area contributed by atoms with Crippen molar-refractivity contribution >= 4 is 28.5 Å². The molecule has 1 saturated heterocycles. The van der Waals surface area contributed by atoms with Crippen LogP contribution in [0.2, 0.25) is 0 Å². The summed E-state index contributed by atoms with van der Waals surface area (Å²) in [5.74, 6) is 0.246. The summed E-state index contributed by atoms with van der Waals surface area (Å²) in [6.45, 7) is 1.31. The molecule has 3 heterocycles. The number of piperidine rings is 1. The number of carbonyl (C=O) groups is 2. The predicted octanol–water partition coefficient (Wildman–Crippen LogP) is 6.46. The number of ketones is 1. The van der Waals surface area contributed by atoms with Crippen molar-refractivity contribution in [2.45, 2.75) is 56.8 Å². The summed E-state index contributed by atoms with van der Waals surface area (Å²) < 4.78 is 50.5. The van der Waals surface area contributed by atoms with Gasteiger partial charge in [0, 0.05) is 67.6 Å². The van der Waals surface area contributed by atoms with E-state index in [1.165, 1.54) is 12.1 Å². The van der Waals surface area contributed by atoms with E-state index in [9.17, 15) is 22.8 Å². The van der Waals surface area contributed by atoms with E-state index in [0.29, 0.717) is 74.0 Å². The summed E-state index contributed by atoms with van der Waals surface area (Å²) in [5.41, 5.74) is 1.75. The van der Waals surface area contributed by atoms with Gasteiger partial charge in [-0.2, -0.15) is 13.2 Å². The Labute approximate surface area is 246 Å². The van der Waals surface area contributed by atoms with E-state index in [4.69, 9.17) is 9.15 Å². The number of rotatable bonds is 7. The highest BCUT2D eigenvalue weighted by molar-refractivity contribution is 5.97. The summed E-state index contributed by atoms with van der Waals surface area (Å²) >= 11 is 0. The molecule has 1 aliphatic heterocycles. The molecule has 2 fully saturated rings. The number of hydrogen-bond donors (Lipinski definition) is 1. The number of oxazole rings is 1. The van der Waals surface area contributed by atoms with Crippen molar-refractivity contribution in [1.82, 2.24) is 15.3 Å². The Kier molecular flexibility index (Phi) is 8.05. The van der Waals surface area contributed by atoms with E-state index in [1.54, 1.807) is 42.7 Å². The van der Waals surface area contributed by atoms with Crippen molar-refractivity contribution in [2.75, 3.05) is 18.0 Å². The van der Waals surface area contributed by atoms with Gasteiger partial charge >= 0.3 is 12.1 Å². The van der Waals surface area contributed by atoms with E-state index >= 15 is 0 Å². The van der Waals surface area contributed by atoms with Gasteiger partial charge in [-0.1, -0.05) is 0 Å².